The summed E-state index contributed by atoms with van der Waals surface area (Å²) in [4.78, 5) is 12.0. The predicted molar refractivity (Wildman–Crippen MR) is 178 cm³/mol. The predicted octanol–water partition coefficient (Wildman–Crippen LogP) is 9.67. The van der Waals surface area contributed by atoms with E-state index in [9.17, 15) is 8.78 Å². The molecule has 46 heavy (non-hydrogen) atoms. The minimum Gasteiger partial charge on any atom is -0.496 e. The molecule has 12 heteroatoms. The summed E-state index contributed by atoms with van der Waals surface area (Å²) in [5.74, 6) is 0.230. The average Bonchev–Trinajstić information content (AvgIpc) is 3.07. The number of halogens is 4. The molecule has 2 heterocycles. The summed E-state index contributed by atoms with van der Waals surface area (Å²) in [5.41, 5.74) is 19.3. The van der Waals surface area contributed by atoms with Crippen molar-refractivity contribution >= 4 is 45.0 Å². The largest absolute Gasteiger partial charge is 0.496 e. The Morgan fingerprint density at radius 2 is 1.22 bits per heavy atom. The Labute approximate surface area is 273 Å². The summed E-state index contributed by atoms with van der Waals surface area (Å²) >= 11 is 12.4. The van der Waals surface area contributed by atoms with Gasteiger partial charge in [-0.3, -0.25) is 0 Å². The lowest BCUT2D eigenvalue weighted by atomic mass is 10.0. The van der Waals surface area contributed by atoms with Crippen LogP contribution in [0.15, 0.2) is 90.0 Å². The zero-order chi connectivity index (χ0) is 32.8. The normalized spacial score (nSPS) is 10.7. The van der Waals surface area contributed by atoms with Gasteiger partial charge in [-0.25, -0.2) is 18.7 Å². The SMILES string of the molecule is COc1ccc(F)cc1-c1nc2c(Cl)cccc2cc1CN.COc1ccc(F)cc1-c1nc2c(Cl)cccc2cc1CN=[N+]=[N-]. The summed E-state index contributed by atoms with van der Waals surface area (Å²) in [6.07, 6.45) is 0. The number of aromatic nitrogens is 2. The zero-order valence-corrected chi connectivity index (χ0v) is 26.2. The number of benzene rings is 4. The van der Waals surface area contributed by atoms with Crippen molar-refractivity contribution in [3.05, 3.63) is 128 Å². The van der Waals surface area contributed by atoms with Gasteiger partial charge in [-0.15, -0.1) is 0 Å². The fraction of sp³-hybridized carbons (Fsp3) is 0.118. The number of nitrogens with two attached hydrogens (primary N) is 1. The Morgan fingerprint density at radius 3 is 1.67 bits per heavy atom. The number of methoxy groups -OCH3 is 2. The van der Waals surface area contributed by atoms with E-state index in [0.29, 0.717) is 60.7 Å². The average molecular weight is 660 g/mol. The van der Waals surface area contributed by atoms with Crippen LogP contribution in [-0.4, -0.2) is 24.2 Å². The van der Waals surface area contributed by atoms with Crippen molar-refractivity contribution in [3.63, 3.8) is 0 Å². The van der Waals surface area contributed by atoms with Crippen LogP contribution in [-0.2, 0) is 13.1 Å². The van der Waals surface area contributed by atoms with Gasteiger partial charge in [0.25, 0.3) is 0 Å². The van der Waals surface area contributed by atoms with E-state index in [1.165, 1.54) is 44.6 Å². The molecule has 4 aromatic carbocycles. The number of rotatable bonds is 7. The summed E-state index contributed by atoms with van der Waals surface area (Å²) < 4.78 is 38.0. The van der Waals surface area contributed by atoms with Gasteiger partial charge in [0.05, 0.1) is 53.2 Å². The smallest absolute Gasteiger partial charge is 0.128 e. The first kappa shape index (κ1) is 32.4. The highest BCUT2D eigenvalue weighted by atomic mass is 35.5. The Balaban J connectivity index is 0.000000182. The molecule has 0 fully saturated rings. The number of para-hydroxylation sites is 2. The van der Waals surface area contributed by atoms with Gasteiger partial charge in [0.2, 0.25) is 0 Å². The van der Waals surface area contributed by atoms with E-state index in [1.54, 1.807) is 18.2 Å². The molecule has 0 radical (unpaired) electrons. The third kappa shape index (κ3) is 6.80. The van der Waals surface area contributed by atoms with Crippen LogP contribution in [0.4, 0.5) is 8.78 Å². The van der Waals surface area contributed by atoms with E-state index in [1.807, 2.05) is 36.4 Å². The molecular weight excluding hydrogens is 633 g/mol. The maximum atomic E-state index is 13.8. The van der Waals surface area contributed by atoms with Crippen LogP contribution in [0.25, 0.3) is 54.8 Å². The highest BCUT2D eigenvalue weighted by Crippen LogP contribution is 2.36. The number of pyridine rings is 2. The number of azide groups is 1. The molecule has 0 unspecified atom stereocenters. The van der Waals surface area contributed by atoms with E-state index in [0.717, 1.165) is 16.3 Å². The molecule has 0 aliphatic rings. The van der Waals surface area contributed by atoms with E-state index < -0.39 is 5.82 Å². The molecule has 0 spiro atoms. The van der Waals surface area contributed by atoms with Crippen molar-refractivity contribution in [2.45, 2.75) is 13.1 Å². The van der Waals surface area contributed by atoms with Crippen molar-refractivity contribution in [1.29, 1.82) is 0 Å². The number of hydrogen-bond acceptors (Lipinski definition) is 6. The fourth-order valence-electron chi connectivity index (χ4n) is 4.99. The van der Waals surface area contributed by atoms with Crippen molar-refractivity contribution in [2.75, 3.05) is 14.2 Å². The fourth-order valence-corrected chi connectivity index (χ4v) is 5.44. The molecule has 0 saturated heterocycles. The van der Waals surface area contributed by atoms with Gasteiger partial charge in [0.15, 0.2) is 0 Å². The summed E-state index contributed by atoms with van der Waals surface area (Å²) in [5, 5.41) is 6.34. The lowest BCUT2D eigenvalue weighted by Gasteiger charge is -2.13. The topological polar surface area (TPSA) is 119 Å². The van der Waals surface area contributed by atoms with Crippen LogP contribution in [0, 0.1) is 11.6 Å². The van der Waals surface area contributed by atoms with Crippen molar-refractivity contribution < 1.29 is 18.3 Å². The van der Waals surface area contributed by atoms with Crippen LogP contribution in [0.1, 0.15) is 11.1 Å². The second kappa shape index (κ2) is 14.4. The molecule has 0 atom stereocenters. The van der Waals surface area contributed by atoms with Crippen molar-refractivity contribution in [3.8, 4) is 34.0 Å². The first-order valence-corrected chi connectivity index (χ1v) is 14.6. The summed E-state index contributed by atoms with van der Waals surface area (Å²) in [7, 11) is 3.03. The van der Waals surface area contributed by atoms with Crippen LogP contribution in [0.2, 0.25) is 10.0 Å². The lowest BCUT2D eigenvalue weighted by molar-refractivity contribution is 0.415. The number of hydrogen-bond donors (Lipinski definition) is 1. The molecule has 0 saturated carbocycles. The second-order valence-electron chi connectivity index (χ2n) is 9.90. The third-order valence-corrected chi connectivity index (χ3v) is 7.72. The molecule has 2 aromatic heterocycles. The summed E-state index contributed by atoms with van der Waals surface area (Å²) in [6, 6.07) is 23.2. The molecule has 6 rings (SSSR count). The van der Waals surface area contributed by atoms with Gasteiger partial charge in [-0.1, -0.05) is 52.6 Å². The highest BCUT2D eigenvalue weighted by Gasteiger charge is 2.17. The van der Waals surface area contributed by atoms with E-state index in [4.69, 9.17) is 43.9 Å². The van der Waals surface area contributed by atoms with E-state index in [2.05, 4.69) is 20.0 Å². The minimum absolute atomic E-state index is 0.0843. The Hall–Kier alpha value is -4.99. The molecule has 0 bridgehead atoms. The third-order valence-electron chi connectivity index (χ3n) is 7.11. The van der Waals surface area contributed by atoms with Crippen molar-refractivity contribution in [1.82, 2.24) is 9.97 Å². The van der Waals surface area contributed by atoms with E-state index >= 15 is 0 Å². The second-order valence-corrected chi connectivity index (χ2v) is 10.7. The molecule has 232 valence electrons. The van der Waals surface area contributed by atoms with Gasteiger partial charge in [0, 0.05) is 33.4 Å². The molecule has 0 amide bonds. The maximum Gasteiger partial charge on any atom is 0.128 e. The summed E-state index contributed by atoms with van der Waals surface area (Å²) in [6.45, 7) is 0.366. The highest BCUT2D eigenvalue weighted by molar-refractivity contribution is 6.35. The first-order chi connectivity index (χ1) is 22.3. The van der Waals surface area contributed by atoms with Gasteiger partial charge in [-0.2, -0.15) is 0 Å². The quantitative estimate of drug-likeness (QED) is 0.104. The number of fused-ring (bicyclic) bond motifs is 2. The maximum absolute atomic E-state index is 13.8. The molecule has 2 N–H and O–H groups in total. The Kier molecular flexibility index (Phi) is 10.1. The Morgan fingerprint density at radius 1 is 0.739 bits per heavy atom. The van der Waals surface area contributed by atoms with Gasteiger partial charge < -0.3 is 15.2 Å². The monoisotopic (exact) mass is 658 g/mol. The van der Waals surface area contributed by atoms with Crippen molar-refractivity contribution in [2.24, 2.45) is 10.8 Å². The molecule has 0 aliphatic carbocycles. The zero-order valence-electron chi connectivity index (χ0n) is 24.6. The molecule has 0 aliphatic heterocycles. The van der Waals surface area contributed by atoms with Crippen LogP contribution >= 0.6 is 23.2 Å². The molecule has 8 nitrogen and oxygen atoms in total. The number of nitrogens with zero attached hydrogens (tertiary/aromatic N) is 5. The first-order valence-electron chi connectivity index (χ1n) is 13.8. The van der Waals surface area contributed by atoms with Gasteiger partial charge in [0.1, 0.15) is 23.1 Å². The number of ether oxygens (including phenoxy) is 2. The lowest BCUT2D eigenvalue weighted by Crippen LogP contribution is -2.03. The van der Waals surface area contributed by atoms with Gasteiger partial charge >= 0.3 is 0 Å². The molecule has 6 aromatic rings. The Bertz CT molecular complexity index is 2120. The minimum atomic E-state index is -0.415. The van der Waals surface area contributed by atoms with Crippen LogP contribution in [0.5, 0.6) is 11.5 Å². The standard InChI is InChI=1S/C17H12ClFN4O.C17H14ClFN2O/c1-24-15-6-5-12(19)8-13(15)16-11(9-21-23-20)7-10-3-2-4-14(18)17(10)22-16;1-22-15-6-5-12(19)8-13(15)16-11(9-20)7-10-3-2-4-14(18)17(10)21-16/h2-8H,9H2,1H3;2-8H,9,20H2,1H3. The van der Waals surface area contributed by atoms with Crippen LogP contribution in [0.3, 0.4) is 0 Å². The van der Waals surface area contributed by atoms with Gasteiger partial charge in [-0.05, 0) is 77.3 Å². The van der Waals surface area contributed by atoms with Crippen LogP contribution < -0.4 is 15.2 Å². The molecular formula is C34H26Cl2F2N6O2. The van der Waals surface area contributed by atoms with E-state index in [-0.39, 0.29) is 18.9 Å².